The molecule has 0 spiro atoms. The molecule has 1 aliphatic rings. The molecule has 2 aromatic carbocycles. The first-order valence-corrected chi connectivity index (χ1v) is 8.50. The first-order valence-electron chi connectivity index (χ1n) is 8.12. The third-order valence-corrected chi connectivity index (χ3v) is 4.58. The molecule has 0 fully saturated rings. The first kappa shape index (κ1) is 17.1. The standard InChI is InChI=1S/C19H22ClNO3/c1-3-24-17-9-12(8-15(20)19(17)23-2)11-21-18-14-7-5-4-6-13(14)10-16(18)22/h4-9,16,18,21-22H,3,10-11H2,1-2H3/t16-,18+/m0/s1. The van der Waals surface area contributed by atoms with Crippen molar-refractivity contribution in [3.8, 4) is 11.5 Å². The molecule has 0 bridgehead atoms. The normalized spacial score (nSPS) is 19.2. The molecule has 5 heteroatoms. The molecular formula is C19H22ClNO3. The highest BCUT2D eigenvalue weighted by Crippen LogP contribution is 2.37. The van der Waals surface area contributed by atoms with Crippen LogP contribution >= 0.6 is 11.6 Å². The summed E-state index contributed by atoms with van der Waals surface area (Å²) in [5.41, 5.74) is 3.35. The van der Waals surface area contributed by atoms with Crippen molar-refractivity contribution in [2.24, 2.45) is 0 Å². The molecule has 0 aliphatic heterocycles. The second-order valence-corrected chi connectivity index (χ2v) is 6.28. The van der Waals surface area contributed by atoms with Gasteiger partial charge < -0.3 is 19.9 Å². The van der Waals surface area contributed by atoms with E-state index in [1.165, 1.54) is 5.56 Å². The van der Waals surface area contributed by atoms with E-state index in [0.717, 1.165) is 11.1 Å². The van der Waals surface area contributed by atoms with Crippen LogP contribution in [0.2, 0.25) is 5.02 Å². The zero-order valence-electron chi connectivity index (χ0n) is 13.9. The molecule has 0 radical (unpaired) electrons. The quantitative estimate of drug-likeness (QED) is 0.839. The summed E-state index contributed by atoms with van der Waals surface area (Å²) in [6.45, 7) is 3.04. The van der Waals surface area contributed by atoms with Gasteiger partial charge in [-0.3, -0.25) is 0 Å². The van der Waals surface area contributed by atoms with Gasteiger partial charge in [0.05, 0.1) is 30.9 Å². The molecule has 4 nitrogen and oxygen atoms in total. The van der Waals surface area contributed by atoms with E-state index in [-0.39, 0.29) is 6.04 Å². The van der Waals surface area contributed by atoms with Crippen LogP contribution in [-0.2, 0) is 13.0 Å². The van der Waals surface area contributed by atoms with Gasteiger partial charge in [0.15, 0.2) is 11.5 Å². The average Bonchev–Trinajstić information content (AvgIpc) is 2.88. The minimum atomic E-state index is -0.414. The summed E-state index contributed by atoms with van der Waals surface area (Å²) in [7, 11) is 1.58. The van der Waals surface area contributed by atoms with Crippen molar-refractivity contribution < 1.29 is 14.6 Å². The third kappa shape index (κ3) is 3.36. The Balaban J connectivity index is 1.77. The SMILES string of the molecule is CCOc1cc(CN[C@@H]2c3ccccc3C[C@@H]2O)cc(Cl)c1OC. The Morgan fingerprint density at radius 2 is 2.08 bits per heavy atom. The van der Waals surface area contributed by atoms with Crippen LogP contribution in [0.25, 0.3) is 0 Å². The van der Waals surface area contributed by atoms with E-state index < -0.39 is 6.10 Å². The predicted molar refractivity (Wildman–Crippen MR) is 94.9 cm³/mol. The molecule has 0 saturated carbocycles. The minimum Gasteiger partial charge on any atom is -0.491 e. The number of rotatable bonds is 6. The summed E-state index contributed by atoms with van der Waals surface area (Å²) >= 11 is 6.29. The number of hydrogen-bond donors (Lipinski definition) is 2. The van der Waals surface area contributed by atoms with Crippen LogP contribution < -0.4 is 14.8 Å². The molecule has 0 aromatic heterocycles. The van der Waals surface area contributed by atoms with E-state index in [1.807, 2.05) is 31.2 Å². The number of ether oxygens (including phenoxy) is 2. The minimum absolute atomic E-state index is 0.0716. The fourth-order valence-electron chi connectivity index (χ4n) is 3.23. The van der Waals surface area contributed by atoms with E-state index in [2.05, 4.69) is 17.4 Å². The number of hydrogen-bond acceptors (Lipinski definition) is 4. The number of benzene rings is 2. The first-order chi connectivity index (χ1) is 11.6. The molecule has 2 atom stereocenters. The zero-order valence-corrected chi connectivity index (χ0v) is 14.6. The van der Waals surface area contributed by atoms with E-state index in [9.17, 15) is 5.11 Å². The van der Waals surface area contributed by atoms with Crippen molar-refractivity contribution >= 4 is 11.6 Å². The molecule has 0 heterocycles. The Hall–Kier alpha value is -1.75. The fraction of sp³-hybridized carbons (Fsp3) is 0.368. The van der Waals surface area contributed by atoms with E-state index >= 15 is 0 Å². The van der Waals surface area contributed by atoms with Crippen molar-refractivity contribution in [1.82, 2.24) is 5.32 Å². The smallest absolute Gasteiger partial charge is 0.179 e. The maximum absolute atomic E-state index is 10.3. The Kier molecular flexibility index (Phi) is 5.29. The van der Waals surface area contributed by atoms with E-state index in [4.69, 9.17) is 21.1 Å². The van der Waals surface area contributed by atoms with Gasteiger partial charge in [-0.1, -0.05) is 35.9 Å². The number of methoxy groups -OCH3 is 1. The Labute approximate surface area is 147 Å². The van der Waals surface area contributed by atoms with Crippen molar-refractivity contribution in [3.05, 3.63) is 58.1 Å². The third-order valence-electron chi connectivity index (χ3n) is 4.30. The van der Waals surface area contributed by atoms with Crippen LogP contribution in [0, 0.1) is 0 Å². The van der Waals surface area contributed by atoms with Gasteiger partial charge in [-0.15, -0.1) is 0 Å². The lowest BCUT2D eigenvalue weighted by Crippen LogP contribution is -2.28. The summed E-state index contributed by atoms with van der Waals surface area (Å²) in [5, 5.41) is 14.3. The molecular weight excluding hydrogens is 326 g/mol. The van der Waals surface area contributed by atoms with Crippen molar-refractivity contribution in [3.63, 3.8) is 0 Å². The molecule has 0 unspecified atom stereocenters. The molecule has 24 heavy (non-hydrogen) atoms. The van der Waals surface area contributed by atoms with Crippen molar-refractivity contribution in [1.29, 1.82) is 0 Å². The molecule has 2 aromatic rings. The van der Waals surface area contributed by atoms with Crippen LogP contribution in [0.5, 0.6) is 11.5 Å². The molecule has 3 rings (SSSR count). The summed E-state index contributed by atoms with van der Waals surface area (Å²) in [6, 6.07) is 11.9. The number of halogens is 1. The largest absolute Gasteiger partial charge is 0.491 e. The Morgan fingerprint density at radius 3 is 2.83 bits per heavy atom. The number of nitrogens with one attached hydrogen (secondary N) is 1. The Bertz CT molecular complexity index is 720. The van der Waals surface area contributed by atoms with Gasteiger partial charge in [-0.05, 0) is 35.7 Å². The summed E-state index contributed by atoms with van der Waals surface area (Å²) in [6.07, 6.45) is 0.268. The number of aliphatic hydroxyl groups excluding tert-OH is 1. The highest BCUT2D eigenvalue weighted by molar-refractivity contribution is 6.32. The van der Waals surface area contributed by atoms with Crippen LogP contribution in [0.1, 0.15) is 29.7 Å². The van der Waals surface area contributed by atoms with Crippen molar-refractivity contribution in [2.75, 3.05) is 13.7 Å². The highest BCUT2D eigenvalue weighted by Gasteiger charge is 2.30. The predicted octanol–water partition coefficient (Wildman–Crippen LogP) is 3.50. The van der Waals surface area contributed by atoms with Crippen molar-refractivity contribution in [2.45, 2.75) is 32.0 Å². The van der Waals surface area contributed by atoms with Gasteiger partial charge in [0.1, 0.15) is 0 Å². The zero-order chi connectivity index (χ0) is 17.1. The fourth-order valence-corrected chi connectivity index (χ4v) is 3.54. The van der Waals surface area contributed by atoms with Crippen LogP contribution in [0.4, 0.5) is 0 Å². The number of fused-ring (bicyclic) bond motifs is 1. The van der Waals surface area contributed by atoms with Gasteiger partial charge in [0, 0.05) is 13.0 Å². The maximum Gasteiger partial charge on any atom is 0.179 e. The summed E-state index contributed by atoms with van der Waals surface area (Å²) in [5.74, 6) is 1.19. The van der Waals surface area contributed by atoms with Gasteiger partial charge in [-0.25, -0.2) is 0 Å². The lowest BCUT2D eigenvalue weighted by atomic mass is 10.1. The monoisotopic (exact) mass is 347 g/mol. The van der Waals surface area contributed by atoms with Gasteiger partial charge in [-0.2, -0.15) is 0 Å². The van der Waals surface area contributed by atoms with E-state index in [0.29, 0.717) is 36.1 Å². The molecule has 1 aliphatic carbocycles. The Morgan fingerprint density at radius 1 is 1.29 bits per heavy atom. The van der Waals surface area contributed by atoms with Crippen LogP contribution in [-0.4, -0.2) is 24.9 Å². The van der Waals surface area contributed by atoms with Gasteiger partial charge in [0.2, 0.25) is 0 Å². The maximum atomic E-state index is 10.3. The van der Waals surface area contributed by atoms with Gasteiger partial charge in [0.25, 0.3) is 0 Å². The van der Waals surface area contributed by atoms with Crippen LogP contribution in [0.15, 0.2) is 36.4 Å². The molecule has 2 N–H and O–H groups in total. The van der Waals surface area contributed by atoms with Gasteiger partial charge >= 0.3 is 0 Å². The summed E-state index contributed by atoms with van der Waals surface area (Å²) in [4.78, 5) is 0. The molecule has 0 amide bonds. The lowest BCUT2D eigenvalue weighted by molar-refractivity contribution is 0.140. The second kappa shape index (κ2) is 7.43. The molecule has 0 saturated heterocycles. The molecule has 128 valence electrons. The van der Waals surface area contributed by atoms with E-state index in [1.54, 1.807) is 7.11 Å². The second-order valence-electron chi connectivity index (χ2n) is 5.87. The van der Waals surface area contributed by atoms with Crippen LogP contribution in [0.3, 0.4) is 0 Å². The average molecular weight is 348 g/mol. The highest BCUT2D eigenvalue weighted by atomic mass is 35.5. The lowest BCUT2D eigenvalue weighted by Gasteiger charge is -2.19. The summed E-state index contributed by atoms with van der Waals surface area (Å²) < 4.78 is 10.9. The topological polar surface area (TPSA) is 50.7 Å². The number of aliphatic hydroxyl groups is 1.